The van der Waals surface area contributed by atoms with Crippen molar-refractivity contribution in [3.05, 3.63) is 29.3 Å². The lowest BCUT2D eigenvalue weighted by Gasteiger charge is -2.29. The summed E-state index contributed by atoms with van der Waals surface area (Å²) in [5.41, 5.74) is 8.36. The number of benzene rings is 1. The Morgan fingerprint density at radius 3 is 2.55 bits per heavy atom. The topological polar surface area (TPSA) is 96.7 Å². The predicted molar refractivity (Wildman–Crippen MR) is 123 cm³/mol. The van der Waals surface area contributed by atoms with Gasteiger partial charge < -0.3 is 21.1 Å². The van der Waals surface area contributed by atoms with Gasteiger partial charge in [0.1, 0.15) is 0 Å². The number of carbonyl (C=O) groups excluding carboxylic acids is 2. The van der Waals surface area contributed by atoms with Crippen LogP contribution in [0.3, 0.4) is 0 Å². The fourth-order valence-electron chi connectivity index (χ4n) is 4.24. The summed E-state index contributed by atoms with van der Waals surface area (Å²) in [7, 11) is 0. The smallest absolute Gasteiger partial charge is 0.251 e. The van der Waals surface area contributed by atoms with Crippen molar-refractivity contribution in [2.45, 2.75) is 71.5 Å². The van der Waals surface area contributed by atoms with Gasteiger partial charge in [0.05, 0.1) is 13.2 Å². The second-order valence-corrected chi connectivity index (χ2v) is 10.1. The summed E-state index contributed by atoms with van der Waals surface area (Å²) < 4.78 is 5.44. The molecule has 4 N–H and O–H groups in total. The minimum atomic E-state index is -0.133. The minimum absolute atomic E-state index is 0.00394. The number of morpholine rings is 1. The van der Waals surface area contributed by atoms with Crippen LogP contribution in [0.2, 0.25) is 0 Å². The molecule has 2 atom stereocenters. The van der Waals surface area contributed by atoms with Crippen molar-refractivity contribution in [1.82, 2.24) is 10.2 Å². The average molecular weight is 431 g/mol. The molecule has 31 heavy (non-hydrogen) atoms. The van der Waals surface area contributed by atoms with Crippen LogP contribution in [-0.4, -0.2) is 55.1 Å². The van der Waals surface area contributed by atoms with E-state index in [2.05, 4.69) is 15.5 Å². The summed E-state index contributed by atoms with van der Waals surface area (Å²) in [5.74, 6) is -0.172. The number of amides is 2. The third-order valence-electron chi connectivity index (χ3n) is 5.97. The van der Waals surface area contributed by atoms with Crippen molar-refractivity contribution in [3.8, 4) is 0 Å². The van der Waals surface area contributed by atoms with Crippen molar-refractivity contribution < 1.29 is 14.3 Å². The largest absolute Gasteiger partial charge is 0.379 e. The third kappa shape index (κ3) is 7.30. The molecule has 1 aromatic carbocycles. The normalized spacial score (nSPS) is 22.7. The van der Waals surface area contributed by atoms with Crippen molar-refractivity contribution in [2.24, 2.45) is 11.1 Å². The lowest BCUT2D eigenvalue weighted by Crippen LogP contribution is -2.49. The van der Waals surface area contributed by atoms with Gasteiger partial charge in [0.25, 0.3) is 5.91 Å². The molecule has 2 fully saturated rings. The number of hydrogen-bond donors (Lipinski definition) is 3. The van der Waals surface area contributed by atoms with Gasteiger partial charge in [0.2, 0.25) is 5.91 Å². The molecule has 2 unspecified atom stereocenters. The summed E-state index contributed by atoms with van der Waals surface area (Å²) >= 11 is 0. The molecular formula is C24H38N4O3. The highest BCUT2D eigenvalue weighted by Gasteiger charge is 2.25. The van der Waals surface area contributed by atoms with Crippen molar-refractivity contribution in [1.29, 1.82) is 0 Å². The van der Waals surface area contributed by atoms with Gasteiger partial charge in [-0.05, 0) is 36.0 Å². The van der Waals surface area contributed by atoms with Gasteiger partial charge in [-0.2, -0.15) is 0 Å². The van der Waals surface area contributed by atoms with Gasteiger partial charge in [-0.1, -0.05) is 39.7 Å². The molecule has 1 saturated carbocycles. The molecule has 2 aliphatic rings. The summed E-state index contributed by atoms with van der Waals surface area (Å²) in [6.07, 6.45) is 4.48. The van der Waals surface area contributed by atoms with Gasteiger partial charge in [0, 0.05) is 49.4 Å². The van der Waals surface area contributed by atoms with Crippen LogP contribution >= 0.6 is 0 Å². The van der Waals surface area contributed by atoms with Gasteiger partial charge >= 0.3 is 0 Å². The van der Waals surface area contributed by atoms with E-state index in [1.165, 1.54) is 0 Å². The Morgan fingerprint density at radius 1 is 1.16 bits per heavy atom. The molecule has 0 spiro atoms. The van der Waals surface area contributed by atoms with E-state index in [1.807, 2.05) is 32.9 Å². The first-order valence-corrected chi connectivity index (χ1v) is 11.5. The first-order valence-electron chi connectivity index (χ1n) is 11.5. The number of nitrogens with two attached hydrogens (primary N) is 1. The molecule has 1 saturated heterocycles. The lowest BCUT2D eigenvalue weighted by molar-refractivity contribution is -0.117. The highest BCUT2D eigenvalue weighted by molar-refractivity contribution is 5.98. The quantitative estimate of drug-likeness (QED) is 0.645. The standard InChI is InChI=1S/C24H38N4O3/c1-24(2,3)15-22(29)26-21-14-17(23(30)27-20-7-5-4-6-19(20)25)8-9-18(21)16-28-10-12-31-13-11-28/h8-9,14,19-20H,4-7,10-13,15-16,25H2,1-3H3,(H,26,29)(H,27,30). The molecule has 0 aromatic heterocycles. The van der Waals surface area contributed by atoms with Gasteiger partial charge in [0.15, 0.2) is 0 Å². The maximum absolute atomic E-state index is 12.9. The van der Waals surface area contributed by atoms with Crippen LogP contribution in [-0.2, 0) is 16.1 Å². The van der Waals surface area contributed by atoms with Crippen LogP contribution in [0.15, 0.2) is 18.2 Å². The molecule has 1 heterocycles. The summed E-state index contributed by atoms with van der Waals surface area (Å²) in [5, 5.41) is 6.16. The van der Waals surface area contributed by atoms with Gasteiger partial charge in [-0.25, -0.2) is 0 Å². The van der Waals surface area contributed by atoms with E-state index in [4.69, 9.17) is 10.5 Å². The highest BCUT2D eigenvalue weighted by atomic mass is 16.5. The van der Waals surface area contributed by atoms with E-state index < -0.39 is 0 Å². The Hall–Kier alpha value is -1.96. The Balaban J connectivity index is 1.76. The summed E-state index contributed by atoms with van der Waals surface area (Å²) in [6.45, 7) is 9.98. The molecule has 1 aliphatic heterocycles. The second kappa shape index (κ2) is 10.6. The number of rotatable bonds is 6. The van der Waals surface area contributed by atoms with Crippen LogP contribution in [0.5, 0.6) is 0 Å². The van der Waals surface area contributed by atoms with Crippen LogP contribution in [0, 0.1) is 5.41 Å². The van der Waals surface area contributed by atoms with Crippen molar-refractivity contribution in [3.63, 3.8) is 0 Å². The Morgan fingerprint density at radius 2 is 1.87 bits per heavy atom. The average Bonchev–Trinajstić information content (AvgIpc) is 2.70. The molecule has 172 valence electrons. The lowest BCUT2D eigenvalue weighted by atomic mass is 9.91. The van der Waals surface area contributed by atoms with E-state index in [0.717, 1.165) is 44.3 Å². The SMILES string of the molecule is CC(C)(C)CC(=O)Nc1cc(C(=O)NC2CCCCC2N)ccc1CN1CCOCC1. The van der Waals surface area contributed by atoms with Crippen LogP contribution < -0.4 is 16.4 Å². The van der Waals surface area contributed by atoms with Crippen LogP contribution in [0.1, 0.15) is 68.8 Å². The highest BCUT2D eigenvalue weighted by Crippen LogP contribution is 2.24. The zero-order valence-electron chi connectivity index (χ0n) is 19.2. The Bertz CT molecular complexity index is 769. The maximum Gasteiger partial charge on any atom is 0.251 e. The summed E-state index contributed by atoms with van der Waals surface area (Å²) in [6, 6.07) is 5.62. The zero-order valence-corrected chi connectivity index (χ0v) is 19.2. The third-order valence-corrected chi connectivity index (χ3v) is 5.97. The van der Waals surface area contributed by atoms with Crippen LogP contribution in [0.25, 0.3) is 0 Å². The van der Waals surface area contributed by atoms with Crippen molar-refractivity contribution >= 4 is 17.5 Å². The maximum atomic E-state index is 12.9. The van der Waals surface area contributed by atoms with Crippen molar-refractivity contribution in [2.75, 3.05) is 31.6 Å². The molecule has 0 bridgehead atoms. The van der Waals surface area contributed by atoms with Gasteiger partial charge in [-0.3, -0.25) is 14.5 Å². The molecule has 7 heteroatoms. The number of anilines is 1. The number of ether oxygens (including phenoxy) is 1. The fourth-order valence-corrected chi connectivity index (χ4v) is 4.24. The molecule has 1 aromatic rings. The number of carbonyl (C=O) groups is 2. The van der Waals surface area contributed by atoms with E-state index in [1.54, 1.807) is 6.07 Å². The zero-order chi connectivity index (χ0) is 22.4. The summed E-state index contributed by atoms with van der Waals surface area (Å²) in [4.78, 5) is 27.9. The predicted octanol–water partition coefficient (Wildman–Crippen LogP) is 2.89. The minimum Gasteiger partial charge on any atom is -0.379 e. The molecule has 3 rings (SSSR count). The molecule has 1 aliphatic carbocycles. The molecule has 0 radical (unpaired) electrons. The second-order valence-electron chi connectivity index (χ2n) is 10.1. The first kappa shape index (κ1) is 23.7. The molecule has 7 nitrogen and oxygen atoms in total. The fraction of sp³-hybridized carbons (Fsp3) is 0.667. The monoisotopic (exact) mass is 430 g/mol. The van der Waals surface area contributed by atoms with Crippen LogP contribution in [0.4, 0.5) is 5.69 Å². The number of hydrogen-bond acceptors (Lipinski definition) is 5. The first-order chi connectivity index (χ1) is 14.7. The number of nitrogens with zero attached hydrogens (tertiary/aromatic N) is 1. The van der Waals surface area contributed by atoms with E-state index >= 15 is 0 Å². The molecular weight excluding hydrogens is 392 g/mol. The van der Waals surface area contributed by atoms with Gasteiger partial charge in [-0.15, -0.1) is 0 Å². The Kier molecular flexibility index (Phi) is 8.08. The van der Waals surface area contributed by atoms with E-state index in [-0.39, 0.29) is 29.3 Å². The number of nitrogens with one attached hydrogen (secondary N) is 2. The Labute approximate surface area is 186 Å². The van der Waals surface area contributed by atoms with E-state index in [9.17, 15) is 9.59 Å². The molecule has 2 amide bonds. The van der Waals surface area contributed by atoms with E-state index in [0.29, 0.717) is 37.4 Å².